The lowest BCUT2D eigenvalue weighted by atomic mass is 9.92. The molecule has 0 saturated carbocycles. The second kappa shape index (κ2) is 4.97. The van der Waals surface area contributed by atoms with Crippen LogP contribution in [0, 0.1) is 5.41 Å². The minimum absolute atomic E-state index is 0.140. The summed E-state index contributed by atoms with van der Waals surface area (Å²) in [5.74, 6) is 0.140. The maximum absolute atomic E-state index is 12.1. The first-order valence-electron chi connectivity index (χ1n) is 5.35. The highest BCUT2D eigenvalue weighted by Gasteiger charge is 2.26. The predicted molar refractivity (Wildman–Crippen MR) is 65.9 cm³/mol. The van der Waals surface area contributed by atoms with Gasteiger partial charge in [-0.2, -0.15) is 0 Å². The zero-order valence-electron chi connectivity index (χ0n) is 9.81. The van der Waals surface area contributed by atoms with Crippen molar-refractivity contribution in [1.82, 2.24) is 0 Å². The molecule has 3 nitrogen and oxygen atoms in total. The highest BCUT2D eigenvalue weighted by atomic mass is 32.2. The minimum atomic E-state index is -3.20. The molecule has 0 aliphatic carbocycles. The quantitative estimate of drug-likeness (QED) is 0.855. The van der Waals surface area contributed by atoms with Crippen LogP contribution in [0.3, 0.4) is 0 Å². The molecule has 0 heterocycles. The highest BCUT2D eigenvalue weighted by Crippen LogP contribution is 2.25. The Bertz CT molecular complexity index is 424. The Morgan fingerprint density at radius 1 is 1.19 bits per heavy atom. The van der Waals surface area contributed by atoms with E-state index in [0.29, 0.717) is 17.9 Å². The summed E-state index contributed by atoms with van der Waals surface area (Å²) in [4.78, 5) is 0.389. The third-order valence-corrected chi connectivity index (χ3v) is 4.66. The molecule has 0 aliphatic rings. The molecular weight excluding hydrogens is 222 g/mol. The van der Waals surface area contributed by atoms with Crippen molar-refractivity contribution in [3.05, 3.63) is 30.3 Å². The van der Waals surface area contributed by atoms with Crippen LogP contribution in [-0.4, -0.2) is 20.7 Å². The normalized spacial score (nSPS) is 12.7. The summed E-state index contributed by atoms with van der Waals surface area (Å²) in [6.45, 7) is 4.37. The summed E-state index contributed by atoms with van der Waals surface area (Å²) >= 11 is 0. The van der Waals surface area contributed by atoms with E-state index in [9.17, 15) is 8.42 Å². The first kappa shape index (κ1) is 13.2. The van der Waals surface area contributed by atoms with Gasteiger partial charge in [0.05, 0.1) is 10.6 Å². The van der Waals surface area contributed by atoms with Crippen LogP contribution < -0.4 is 5.73 Å². The number of nitrogens with two attached hydrogens (primary N) is 1. The van der Waals surface area contributed by atoms with Crippen molar-refractivity contribution < 1.29 is 8.42 Å². The predicted octanol–water partition coefficient (Wildman–Crippen LogP) is 1.84. The Kier molecular flexibility index (Phi) is 4.10. The second-order valence-corrected chi connectivity index (χ2v) is 6.76. The van der Waals surface area contributed by atoms with E-state index in [1.807, 2.05) is 19.9 Å². The van der Waals surface area contributed by atoms with Crippen molar-refractivity contribution in [3.8, 4) is 0 Å². The first-order chi connectivity index (χ1) is 7.37. The fourth-order valence-electron chi connectivity index (χ4n) is 1.69. The largest absolute Gasteiger partial charge is 0.330 e. The van der Waals surface area contributed by atoms with Gasteiger partial charge in [-0.3, -0.25) is 0 Å². The molecule has 0 amide bonds. The molecule has 16 heavy (non-hydrogen) atoms. The average Bonchev–Trinajstić information content (AvgIpc) is 2.17. The maximum atomic E-state index is 12.1. The van der Waals surface area contributed by atoms with E-state index in [0.717, 1.165) is 0 Å². The summed E-state index contributed by atoms with van der Waals surface area (Å²) in [6.07, 6.45) is 0.707. The van der Waals surface area contributed by atoms with E-state index >= 15 is 0 Å². The number of hydrogen-bond donors (Lipinski definition) is 1. The average molecular weight is 241 g/mol. The lowest BCUT2D eigenvalue weighted by molar-refractivity contribution is 0.384. The summed E-state index contributed by atoms with van der Waals surface area (Å²) in [6, 6.07) is 8.55. The third-order valence-electron chi connectivity index (χ3n) is 2.50. The van der Waals surface area contributed by atoms with Gasteiger partial charge in [-0.1, -0.05) is 32.0 Å². The van der Waals surface area contributed by atoms with Gasteiger partial charge in [0.15, 0.2) is 9.84 Å². The summed E-state index contributed by atoms with van der Waals surface area (Å²) in [5, 5.41) is 0. The van der Waals surface area contributed by atoms with Crippen molar-refractivity contribution in [2.24, 2.45) is 11.1 Å². The lowest BCUT2D eigenvalue weighted by Crippen LogP contribution is -2.26. The number of benzene rings is 1. The number of sulfone groups is 1. The molecule has 0 saturated heterocycles. The zero-order chi connectivity index (χ0) is 12.2. The SMILES string of the molecule is CC(C)(CCN)CS(=O)(=O)c1ccccc1. The molecule has 0 bridgehead atoms. The Balaban J connectivity index is 2.89. The molecule has 0 aliphatic heterocycles. The molecule has 2 N–H and O–H groups in total. The van der Waals surface area contributed by atoms with Gasteiger partial charge in [-0.25, -0.2) is 8.42 Å². The third kappa shape index (κ3) is 3.61. The van der Waals surface area contributed by atoms with Crippen molar-refractivity contribution in [3.63, 3.8) is 0 Å². The molecular formula is C12H19NO2S. The molecule has 1 aromatic carbocycles. The maximum Gasteiger partial charge on any atom is 0.178 e. The van der Waals surface area contributed by atoms with E-state index in [-0.39, 0.29) is 11.2 Å². The topological polar surface area (TPSA) is 60.2 Å². The molecule has 0 unspecified atom stereocenters. The van der Waals surface area contributed by atoms with Gasteiger partial charge in [0.1, 0.15) is 0 Å². The van der Waals surface area contributed by atoms with Crippen LogP contribution in [0.2, 0.25) is 0 Å². The monoisotopic (exact) mass is 241 g/mol. The van der Waals surface area contributed by atoms with Crippen LogP contribution in [0.1, 0.15) is 20.3 Å². The van der Waals surface area contributed by atoms with Gasteiger partial charge in [-0.15, -0.1) is 0 Å². The van der Waals surface area contributed by atoms with E-state index in [1.54, 1.807) is 24.3 Å². The smallest absolute Gasteiger partial charge is 0.178 e. The fourth-order valence-corrected chi connectivity index (χ4v) is 3.60. The van der Waals surface area contributed by atoms with Crippen LogP contribution in [0.15, 0.2) is 35.2 Å². The molecule has 1 aromatic rings. The van der Waals surface area contributed by atoms with Crippen LogP contribution in [0.5, 0.6) is 0 Å². The van der Waals surface area contributed by atoms with Crippen LogP contribution >= 0.6 is 0 Å². The van der Waals surface area contributed by atoms with Gasteiger partial charge in [0.2, 0.25) is 0 Å². The van der Waals surface area contributed by atoms with Crippen molar-refractivity contribution >= 4 is 9.84 Å². The molecule has 4 heteroatoms. The second-order valence-electron chi connectivity index (χ2n) is 4.78. The molecule has 0 aromatic heterocycles. The van der Waals surface area contributed by atoms with Crippen LogP contribution in [-0.2, 0) is 9.84 Å². The van der Waals surface area contributed by atoms with Crippen LogP contribution in [0.4, 0.5) is 0 Å². The van der Waals surface area contributed by atoms with E-state index in [1.165, 1.54) is 0 Å². The van der Waals surface area contributed by atoms with Crippen LogP contribution in [0.25, 0.3) is 0 Å². The Morgan fingerprint density at radius 2 is 1.75 bits per heavy atom. The van der Waals surface area contributed by atoms with Gasteiger partial charge in [0.25, 0.3) is 0 Å². The zero-order valence-corrected chi connectivity index (χ0v) is 10.6. The molecule has 90 valence electrons. The van der Waals surface area contributed by atoms with Crippen molar-refractivity contribution in [2.45, 2.75) is 25.2 Å². The fraction of sp³-hybridized carbons (Fsp3) is 0.500. The van der Waals surface area contributed by atoms with Gasteiger partial charge >= 0.3 is 0 Å². The standard InChI is InChI=1S/C12H19NO2S/c1-12(2,8-9-13)10-16(14,15)11-6-4-3-5-7-11/h3-7H,8-10,13H2,1-2H3. The van der Waals surface area contributed by atoms with Gasteiger partial charge in [0, 0.05) is 0 Å². The van der Waals surface area contributed by atoms with E-state index in [2.05, 4.69) is 0 Å². The highest BCUT2D eigenvalue weighted by molar-refractivity contribution is 7.91. The summed E-state index contributed by atoms with van der Waals surface area (Å²) in [5.41, 5.74) is 5.20. The Hall–Kier alpha value is -0.870. The Labute approximate surface area is 97.6 Å². The van der Waals surface area contributed by atoms with E-state index < -0.39 is 9.84 Å². The van der Waals surface area contributed by atoms with E-state index in [4.69, 9.17) is 5.73 Å². The molecule has 0 radical (unpaired) electrons. The van der Waals surface area contributed by atoms with Crippen molar-refractivity contribution in [2.75, 3.05) is 12.3 Å². The van der Waals surface area contributed by atoms with Crippen molar-refractivity contribution in [1.29, 1.82) is 0 Å². The molecule has 0 atom stereocenters. The number of hydrogen-bond acceptors (Lipinski definition) is 3. The lowest BCUT2D eigenvalue weighted by Gasteiger charge is -2.23. The summed E-state index contributed by atoms with van der Waals surface area (Å²) in [7, 11) is -3.20. The number of rotatable bonds is 5. The summed E-state index contributed by atoms with van der Waals surface area (Å²) < 4.78 is 24.2. The molecule has 0 spiro atoms. The molecule has 0 fully saturated rings. The molecule has 1 rings (SSSR count). The Morgan fingerprint density at radius 3 is 2.25 bits per heavy atom. The van der Waals surface area contributed by atoms with Gasteiger partial charge in [-0.05, 0) is 30.5 Å². The minimum Gasteiger partial charge on any atom is -0.330 e. The van der Waals surface area contributed by atoms with Gasteiger partial charge < -0.3 is 5.73 Å². The first-order valence-corrected chi connectivity index (χ1v) is 7.00.